The van der Waals surface area contributed by atoms with Crippen LogP contribution in [-0.4, -0.2) is 27.1 Å². The molecule has 7 nitrogen and oxygen atoms in total. The van der Waals surface area contributed by atoms with E-state index in [0.717, 1.165) is 11.0 Å². The first-order valence-electron chi connectivity index (χ1n) is 6.46. The molecule has 0 aliphatic rings. The molecule has 106 valence electrons. The molecule has 0 unspecified atom stereocenters. The summed E-state index contributed by atoms with van der Waals surface area (Å²) in [5.41, 5.74) is 4.16. The number of para-hydroxylation sites is 1. The molecule has 21 heavy (non-hydrogen) atoms. The monoisotopic (exact) mass is 283 g/mol. The number of hydrogen-bond acceptors (Lipinski definition) is 5. The number of amides is 1. The number of hydrogen-bond donors (Lipinski definition) is 1. The first-order chi connectivity index (χ1) is 10.3. The average Bonchev–Trinajstić information content (AvgIpc) is 3.14. The molecule has 2 aromatic heterocycles. The van der Waals surface area contributed by atoms with Gasteiger partial charge in [-0.1, -0.05) is 17.3 Å². The van der Waals surface area contributed by atoms with E-state index in [1.807, 2.05) is 24.3 Å². The lowest BCUT2D eigenvalue weighted by molar-refractivity contribution is -0.121. The van der Waals surface area contributed by atoms with Crippen molar-refractivity contribution in [3.05, 3.63) is 48.4 Å². The molecule has 0 saturated heterocycles. The first kappa shape index (κ1) is 13.0. The highest BCUT2D eigenvalue weighted by Crippen LogP contribution is 2.09. The first-order valence-corrected chi connectivity index (χ1v) is 6.46. The minimum absolute atomic E-state index is 0.197. The maximum Gasteiger partial charge on any atom is 0.241 e. The summed E-state index contributed by atoms with van der Waals surface area (Å²) in [7, 11) is 0. The average molecular weight is 283 g/mol. The van der Waals surface area contributed by atoms with E-state index in [9.17, 15) is 4.79 Å². The molecule has 2 heterocycles. The quantitative estimate of drug-likeness (QED) is 0.569. The van der Waals surface area contributed by atoms with Gasteiger partial charge in [-0.25, -0.2) is 10.1 Å². The lowest BCUT2D eigenvalue weighted by atomic mass is 10.3. The van der Waals surface area contributed by atoms with Crippen LogP contribution in [0.15, 0.2) is 52.2 Å². The number of fused-ring (bicyclic) bond motifs is 1. The van der Waals surface area contributed by atoms with E-state index in [2.05, 4.69) is 20.8 Å². The van der Waals surface area contributed by atoms with Crippen molar-refractivity contribution >= 4 is 23.2 Å². The van der Waals surface area contributed by atoms with E-state index in [0.29, 0.717) is 12.3 Å². The van der Waals surface area contributed by atoms with Gasteiger partial charge in [0, 0.05) is 6.42 Å². The number of aryl methyl sites for hydroxylation is 1. The molecule has 7 heteroatoms. The number of carbonyl (C=O) groups excluding carboxylic acids is 1. The molecule has 3 rings (SSSR count). The fourth-order valence-corrected chi connectivity index (χ4v) is 1.88. The van der Waals surface area contributed by atoms with Crippen LogP contribution in [0.25, 0.3) is 11.0 Å². The van der Waals surface area contributed by atoms with Gasteiger partial charge < -0.3 is 4.42 Å². The van der Waals surface area contributed by atoms with Crippen LogP contribution in [0.5, 0.6) is 0 Å². The lowest BCUT2D eigenvalue weighted by Crippen LogP contribution is -2.19. The van der Waals surface area contributed by atoms with Crippen molar-refractivity contribution in [2.24, 2.45) is 5.10 Å². The number of nitrogens with zero attached hydrogens (tertiary/aromatic N) is 4. The number of aromatic nitrogens is 3. The Morgan fingerprint density at radius 2 is 2.24 bits per heavy atom. The zero-order valence-electron chi connectivity index (χ0n) is 11.1. The standard InChI is InChI=1S/C14H13N5O2/c20-14(17-15-10-11-4-3-9-21-11)7-8-19-13-6-2-1-5-12(13)16-18-19/h1-6,9-10H,7-8H2,(H,17,20)/b15-10-. The Morgan fingerprint density at radius 3 is 3.10 bits per heavy atom. The summed E-state index contributed by atoms with van der Waals surface area (Å²) in [5.74, 6) is 0.384. The lowest BCUT2D eigenvalue weighted by Gasteiger charge is -2.01. The molecule has 0 atom stereocenters. The summed E-state index contributed by atoms with van der Waals surface area (Å²) in [6.45, 7) is 0.447. The van der Waals surface area contributed by atoms with E-state index >= 15 is 0 Å². The number of rotatable bonds is 5. The Balaban J connectivity index is 1.54. The Bertz CT molecular complexity index is 761. The van der Waals surface area contributed by atoms with E-state index in [4.69, 9.17) is 4.42 Å². The van der Waals surface area contributed by atoms with Gasteiger partial charge in [-0.05, 0) is 24.3 Å². The molecular formula is C14H13N5O2. The van der Waals surface area contributed by atoms with Crippen molar-refractivity contribution in [3.8, 4) is 0 Å². The molecule has 1 amide bonds. The second kappa shape index (κ2) is 6.00. The van der Waals surface area contributed by atoms with Crippen molar-refractivity contribution < 1.29 is 9.21 Å². The SMILES string of the molecule is O=C(CCn1nnc2ccccc21)N/N=C\c1ccco1. The highest BCUT2D eigenvalue weighted by Gasteiger charge is 2.05. The van der Waals surface area contributed by atoms with E-state index < -0.39 is 0 Å². The fraction of sp³-hybridized carbons (Fsp3) is 0.143. The second-order valence-corrected chi connectivity index (χ2v) is 4.36. The number of furan rings is 1. The van der Waals surface area contributed by atoms with Crippen LogP contribution in [0.3, 0.4) is 0 Å². The molecule has 0 bridgehead atoms. The van der Waals surface area contributed by atoms with Crippen LogP contribution in [0.1, 0.15) is 12.2 Å². The molecule has 3 aromatic rings. The van der Waals surface area contributed by atoms with Gasteiger partial charge in [-0.15, -0.1) is 5.10 Å². The number of carbonyl (C=O) groups is 1. The van der Waals surface area contributed by atoms with Crippen molar-refractivity contribution in [3.63, 3.8) is 0 Å². The maximum absolute atomic E-state index is 11.7. The van der Waals surface area contributed by atoms with Crippen LogP contribution >= 0.6 is 0 Å². The normalized spacial score (nSPS) is 11.2. The van der Waals surface area contributed by atoms with Gasteiger partial charge in [0.05, 0.1) is 24.5 Å². The van der Waals surface area contributed by atoms with Gasteiger partial charge in [-0.3, -0.25) is 4.79 Å². The molecule has 1 aromatic carbocycles. The van der Waals surface area contributed by atoms with Gasteiger partial charge in [0.15, 0.2) is 0 Å². The third-order valence-electron chi connectivity index (χ3n) is 2.90. The molecule has 0 fully saturated rings. The molecule has 0 spiro atoms. The third kappa shape index (κ3) is 3.14. The molecule has 0 aliphatic heterocycles. The van der Waals surface area contributed by atoms with Crippen molar-refractivity contribution in [1.29, 1.82) is 0 Å². The van der Waals surface area contributed by atoms with Crippen LogP contribution in [-0.2, 0) is 11.3 Å². The summed E-state index contributed by atoms with van der Waals surface area (Å²) >= 11 is 0. The fourth-order valence-electron chi connectivity index (χ4n) is 1.88. The van der Waals surface area contributed by atoms with Gasteiger partial charge in [-0.2, -0.15) is 5.10 Å². The zero-order chi connectivity index (χ0) is 14.5. The molecule has 0 aliphatic carbocycles. The predicted octanol–water partition coefficient (Wildman–Crippen LogP) is 1.56. The number of benzene rings is 1. The van der Waals surface area contributed by atoms with Crippen LogP contribution in [0, 0.1) is 0 Å². The van der Waals surface area contributed by atoms with E-state index in [1.165, 1.54) is 6.21 Å². The zero-order valence-corrected chi connectivity index (χ0v) is 11.1. The Morgan fingerprint density at radius 1 is 1.33 bits per heavy atom. The van der Waals surface area contributed by atoms with Crippen LogP contribution in [0.4, 0.5) is 0 Å². The Labute approximate surface area is 120 Å². The molecule has 0 saturated carbocycles. The van der Waals surface area contributed by atoms with E-state index in [-0.39, 0.29) is 12.3 Å². The minimum atomic E-state index is -0.197. The number of nitrogens with one attached hydrogen (secondary N) is 1. The van der Waals surface area contributed by atoms with Gasteiger partial charge in [0.25, 0.3) is 0 Å². The van der Waals surface area contributed by atoms with E-state index in [1.54, 1.807) is 23.1 Å². The molecule has 1 N–H and O–H groups in total. The largest absolute Gasteiger partial charge is 0.463 e. The summed E-state index contributed by atoms with van der Waals surface area (Å²) in [6, 6.07) is 11.1. The summed E-state index contributed by atoms with van der Waals surface area (Å²) in [4.78, 5) is 11.7. The molecular weight excluding hydrogens is 270 g/mol. The smallest absolute Gasteiger partial charge is 0.241 e. The minimum Gasteiger partial charge on any atom is -0.463 e. The highest BCUT2D eigenvalue weighted by atomic mass is 16.3. The van der Waals surface area contributed by atoms with Gasteiger partial charge >= 0.3 is 0 Å². The predicted molar refractivity (Wildman–Crippen MR) is 76.6 cm³/mol. The number of hydrazone groups is 1. The summed E-state index contributed by atoms with van der Waals surface area (Å²) < 4.78 is 6.76. The second-order valence-electron chi connectivity index (χ2n) is 4.36. The van der Waals surface area contributed by atoms with Crippen molar-refractivity contribution in [2.75, 3.05) is 0 Å². The van der Waals surface area contributed by atoms with Crippen molar-refractivity contribution in [1.82, 2.24) is 20.4 Å². The maximum atomic E-state index is 11.7. The van der Waals surface area contributed by atoms with Gasteiger partial charge in [0.2, 0.25) is 5.91 Å². The van der Waals surface area contributed by atoms with Gasteiger partial charge in [0.1, 0.15) is 11.3 Å². The summed E-state index contributed by atoms with van der Waals surface area (Å²) in [5, 5.41) is 11.9. The Kier molecular flexibility index (Phi) is 3.72. The third-order valence-corrected chi connectivity index (χ3v) is 2.90. The Hall–Kier alpha value is -2.96. The topological polar surface area (TPSA) is 85.3 Å². The molecule has 0 radical (unpaired) electrons. The van der Waals surface area contributed by atoms with Crippen molar-refractivity contribution in [2.45, 2.75) is 13.0 Å². The van der Waals surface area contributed by atoms with Crippen LogP contribution in [0.2, 0.25) is 0 Å². The highest BCUT2D eigenvalue weighted by molar-refractivity contribution is 5.80. The van der Waals surface area contributed by atoms with Crippen LogP contribution < -0.4 is 5.43 Å². The summed E-state index contributed by atoms with van der Waals surface area (Å²) in [6.07, 6.45) is 3.25.